The molecule has 0 aliphatic rings. The lowest BCUT2D eigenvalue weighted by molar-refractivity contribution is -0.0715. The number of hydrogen-bond donors (Lipinski definition) is 1. The summed E-state index contributed by atoms with van der Waals surface area (Å²) in [7, 11) is 0. The highest BCUT2D eigenvalue weighted by molar-refractivity contribution is 6.31. The largest absolute Gasteiger partial charge is 0.374 e. The number of pyridine rings is 1. The van der Waals surface area contributed by atoms with E-state index in [0.717, 1.165) is 43.0 Å². The summed E-state index contributed by atoms with van der Waals surface area (Å²) in [5.41, 5.74) is 0.982. The van der Waals surface area contributed by atoms with Crippen LogP contribution in [0.4, 0.5) is 0 Å². The molecule has 0 aromatic carbocycles. The molecule has 0 bridgehead atoms. The molecule has 0 spiro atoms. The minimum atomic E-state index is -0.142. The number of rotatable bonds is 9. The van der Waals surface area contributed by atoms with Crippen molar-refractivity contribution >= 4 is 11.6 Å². The van der Waals surface area contributed by atoms with Crippen LogP contribution >= 0.6 is 11.6 Å². The molecular formula is C16H27ClN2O. The van der Waals surface area contributed by atoms with E-state index >= 15 is 0 Å². The highest BCUT2D eigenvalue weighted by Crippen LogP contribution is 2.29. The molecule has 0 saturated carbocycles. The maximum absolute atomic E-state index is 6.25. The molecule has 1 atom stereocenters. The molecule has 1 N–H and O–H groups in total. The number of likely N-dealkylation sites (N-methyl/N-ethyl adjacent to an activating group) is 1. The summed E-state index contributed by atoms with van der Waals surface area (Å²) in [6.45, 7) is 10.2. The number of nitrogens with one attached hydrogen (secondary N) is 1. The standard InChI is InChI=1S/C16H27ClN2O/c1-5-16(6-2,20-8-4)15(19-7-3)11-13-9-10-18-12-14(13)17/h9-10,12,15,19H,5-8,11H2,1-4H3. The Hall–Kier alpha value is -0.640. The van der Waals surface area contributed by atoms with Crippen molar-refractivity contribution < 1.29 is 4.74 Å². The minimum Gasteiger partial charge on any atom is -0.374 e. The molecule has 0 aliphatic heterocycles. The van der Waals surface area contributed by atoms with Gasteiger partial charge in [0.05, 0.1) is 10.6 Å². The van der Waals surface area contributed by atoms with Crippen LogP contribution in [0.2, 0.25) is 5.02 Å². The molecule has 20 heavy (non-hydrogen) atoms. The predicted molar refractivity (Wildman–Crippen MR) is 85.4 cm³/mol. The van der Waals surface area contributed by atoms with Crippen LogP contribution in [0.5, 0.6) is 0 Å². The maximum atomic E-state index is 6.25. The average molecular weight is 299 g/mol. The van der Waals surface area contributed by atoms with Gasteiger partial charge in [-0.3, -0.25) is 4.98 Å². The van der Waals surface area contributed by atoms with Crippen LogP contribution in [0, 0.1) is 0 Å². The molecule has 1 rings (SSSR count). The Bertz CT molecular complexity index is 394. The van der Waals surface area contributed by atoms with E-state index in [1.165, 1.54) is 0 Å². The molecule has 1 heterocycles. The third kappa shape index (κ3) is 4.18. The normalized spacial score (nSPS) is 13.4. The summed E-state index contributed by atoms with van der Waals surface area (Å²) >= 11 is 6.25. The smallest absolute Gasteiger partial charge is 0.0832 e. The zero-order valence-electron chi connectivity index (χ0n) is 13.1. The molecule has 1 aromatic rings. The van der Waals surface area contributed by atoms with Crippen LogP contribution in [0.1, 0.15) is 46.1 Å². The SMILES string of the molecule is CCNC(Cc1ccncc1Cl)C(CC)(CC)OCC. The van der Waals surface area contributed by atoms with Crippen LogP contribution in [0.3, 0.4) is 0 Å². The number of aromatic nitrogens is 1. The van der Waals surface area contributed by atoms with Gasteiger partial charge in [0.1, 0.15) is 0 Å². The minimum absolute atomic E-state index is 0.142. The Labute approximate surface area is 128 Å². The summed E-state index contributed by atoms with van der Waals surface area (Å²) in [4.78, 5) is 4.05. The van der Waals surface area contributed by atoms with Crippen LogP contribution in [0.25, 0.3) is 0 Å². The molecule has 3 nitrogen and oxygen atoms in total. The lowest BCUT2D eigenvalue weighted by atomic mass is 9.84. The van der Waals surface area contributed by atoms with Gasteiger partial charge in [-0.1, -0.05) is 32.4 Å². The first kappa shape index (κ1) is 17.4. The van der Waals surface area contributed by atoms with E-state index in [1.807, 2.05) is 6.07 Å². The Morgan fingerprint density at radius 1 is 1.30 bits per heavy atom. The van der Waals surface area contributed by atoms with E-state index in [1.54, 1.807) is 12.4 Å². The van der Waals surface area contributed by atoms with Crippen molar-refractivity contribution in [3.8, 4) is 0 Å². The molecule has 114 valence electrons. The molecule has 0 radical (unpaired) electrons. The Kier molecular flexibility index (Phi) is 7.49. The lowest BCUT2D eigenvalue weighted by Gasteiger charge is -2.40. The van der Waals surface area contributed by atoms with Crippen LogP contribution < -0.4 is 5.32 Å². The van der Waals surface area contributed by atoms with Crippen LogP contribution in [-0.4, -0.2) is 29.8 Å². The quantitative estimate of drug-likeness (QED) is 0.752. The number of hydrogen-bond acceptors (Lipinski definition) is 3. The van der Waals surface area contributed by atoms with Crippen molar-refractivity contribution in [2.24, 2.45) is 0 Å². The summed E-state index contributed by atoms with van der Waals surface area (Å²) in [6.07, 6.45) is 6.33. The molecule has 0 aliphatic carbocycles. The second-order valence-electron chi connectivity index (χ2n) is 4.99. The average Bonchev–Trinajstić information content (AvgIpc) is 2.47. The van der Waals surface area contributed by atoms with Crippen molar-refractivity contribution in [2.45, 2.75) is 58.6 Å². The molecular weight excluding hydrogens is 272 g/mol. The van der Waals surface area contributed by atoms with Gasteiger partial charge in [-0.05, 0) is 44.4 Å². The summed E-state index contributed by atoms with van der Waals surface area (Å²) in [6, 6.07) is 2.25. The first-order chi connectivity index (χ1) is 9.63. The molecule has 1 aromatic heterocycles. The van der Waals surface area contributed by atoms with Crippen molar-refractivity contribution in [1.82, 2.24) is 10.3 Å². The van der Waals surface area contributed by atoms with Gasteiger partial charge in [-0.15, -0.1) is 0 Å². The third-order valence-electron chi connectivity index (χ3n) is 3.99. The van der Waals surface area contributed by atoms with E-state index in [2.05, 4.69) is 38.0 Å². The second kappa shape index (κ2) is 8.60. The topological polar surface area (TPSA) is 34.2 Å². The molecule has 1 unspecified atom stereocenters. The van der Waals surface area contributed by atoms with Gasteiger partial charge in [-0.2, -0.15) is 0 Å². The van der Waals surface area contributed by atoms with Crippen molar-refractivity contribution in [2.75, 3.05) is 13.2 Å². The fourth-order valence-corrected chi connectivity index (χ4v) is 3.01. The maximum Gasteiger partial charge on any atom is 0.0832 e. The zero-order valence-corrected chi connectivity index (χ0v) is 13.8. The fraction of sp³-hybridized carbons (Fsp3) is 0.688. The van der Waals surface area contributed by atoms with Gasteiger partial charge < -0.3 is 10.1 Å². The van der Waals surface area contributed by atoms with Crippen molar-refractivity contribution in [3.63, 3.8) is 0 Å². The number of ether oxygens (including phenoxy) is 1. The van der Waals surface area contributed by atoms with E-state index in [4.69, 9.17) is 16.3 Å². The van der Waals surface area contributed by atoms with Crippen LogP contribution in [-0.2, 0) is 11.2 Å². The number of halogens is 1. The highest BCUT2D eigenvalue weighted by atomic mass is 35.5. The van der Waals surface area contributed by atoms with Crippen LogP contribution in [0.15, 0.2) is 18.5 Å². The number of nitrogens with zero attached hydrogens (tertiary/aromatic N) is 1. The molecule has 0 amide bonds. The summed E-state index contributed by atoms with van der Waals surface area (Å²) in [5, 5.41) is 4.31. The zero-order chi connectivity index (χ0) is 15.0. The highest BCUT2D eigenvalue weighted by Gasteiger charge is 2.36. The molecule has 4 heteroatoms. The Morgan fingerprint density at radius 2 is 2.00 bits per heavy atom. The lowest BCUT2D eigenvalue weighted by Crippen LogP contribution is -2.53. The van der Waals surface area contributed by atoms with E-state index in [0.29, 0.717) is 0 Å². The van der Waals surface area contributed by atoms with Gasteiger partial charge in [0.25, 0.3) is 0 Å². The fourth-order valence-electron chi connectivity index (χ4n) is 2.82. The summed E-state index contributed by atoms with van der Waals surface area (Å²) < 4.78 is 6.13. The van der Waals surface area contributed by atoms with Gasteiger partial charge >= 0.3 is 0 Å². The van der Waals surface area contributed by atoms with Crippen molar-refractivity contribution in [3.05, 3.63) is 29.0 Å². The van der Waals surface area contributed by atoms with Gasteiger partial charge in [0.15, 0.2) is 0 Å². The first-order valence-corrected chi connectivity index (χ1v) is 7.97. The molecule has 0 saturated heterocycles. The Morgan fingerprint density at radius 3 is 2.50 bits per heavy atom. The second-order valence-corrected chi connectivity index (χ2v) is 5.39. The monoisotopic (exact) mass is 298 g/mol. The summed E-state index contributed by atoms with van der Waals surface area (Å²) in [5.74, 6) is 0. The van der Waals surface area contributed by atoms with E-state index in [9.17, 15) is 0 Å². The van der Waals surface area contributed by atoms with E-state index in [-0.39, 0.29) is 11.6 Å². The van der Waals surface area contributed by atoms with Gasteiger partial charge in [-0.25, -0.2) is 0 Å². The first-order valence-electron chi connectivity index (χ1n) is 7.59. The Balaban J connectivity index is 3.00. The molecule has 0 fully saturated rings. The van der Waals surface area contributed by atoms with Gasteiger partial charge in [0.2, 0.25) is 0 Å². The third-order valence-corrected chi connectivity index (χ3v) is 4.34. The predicted octanol–water partition coefficient (Wildman–Crippen LogP) is 3.85. The van der Waals surface area contributed by atoms with Crippen molar-refractivity contribution in [1.29, 1.82) is 0 Å². The van der Waals surface area contributed by atoms with E-state index < -0.39 is 0 Å². The van der Waals surface area contributed by atoms with Gasteiger partial charge in [0, 0.05) is 25.0 Å².